The molecular weight excluding hydrogens is 378 g/mol. The van der Waals surface area contributed by atoms with Crippen LogP contribution in [-0.2, 0) is 17.8 Å². The van der Waals surface area contributed by atoms with Crippen LogP contribution in [0, 0.1) is 13.8 Å². The third-order valence-corrected chi connectivity index (χ3v) is 6.05. The molecule has 0 radical (unpaired) electrons. The van der Waals surface area contributed by atoms with Crippen LogP contribution in [0.15, 0.2) is 36.4 Å². The summed E-state index contributed by atoms with van der Waals surface area (Å²) in [6.07, 6.45) is 0.985. The lowest BCUT2D eigenvalue weighted by molar-refractivity contribution is -0.131. The van der Waals surface area contributed by atoms with Gasteiger partial charge in [-0.15, -0.1) is 0 Å². The number of hydrogen-bond donors (Lipinski definition) is 1. The van der Waals surface area contributed by atoms with E-state index in [1.165, 1.54) is 11.1 Å². The highest BCUT2D eigenvalue weighted by atomic mass is 16.5. The molecule has 0 unspecified atom stereocenters. The molecule has 0 aromatic heterocycles. The summed E-state index contributed by atoms with van der Waals surface area (Å²) in [4.78, 5) is 29.1. The fourth-order valence-corrected chi connectivity index (χ4v) is 4.00. The van der Waals surface area contributed by atoms with Crippen molar-refractivity contribution in [3.05, 3.63) is 64.2 Å². The first-order valence-corrected chi connectivity index (χ1v) is 10.6. The Morgan fingerprint density at radius 2 is 1.80 bits per heavy atom. The highest BCUT2D eigenvalue weighted by Crippen LogP contribution is 2.26. The zero-order valence-electron chi connectivity index (χ0n) is 17.7. The molecule has 2 aliphatic rings. The number of amides is 2. The Hall–Kier alpha value is -2.86. The first-order valence-electron chi connectivity index (χ1n) is 10.6. The molecule has 4 rings (SSSR count). The summed E-state index contributed by atoms with van der Waals surface area (Å²) in [5.41, 5.74) is 5.39. The van der Waals surface area contributed by atoms with Gasteiger partial charge in [0.1, 0.15) is 5.75 Å². The van der Waals surface area contributed by atoms with Gasteiger partial charge in [0, 0.05) is 44.7 Å². The second kappa shape index (κ2) is 8.88. The van der Waals surface area contributed by atoms with E-state index >= 15 is 0 Å². The molecule has 0 bridgehead atoms. The van der Waals surface area contributed by atoms with Crippen molar-refractivity contribution in [3.8, 4) is 5.75 Å². The fourth-order valence-electron chi connectivity index (χ4n) is 4.00. The molecular formula is C24H29N3O3. The number of benzene rings is 2. The van der Waals surface area contributed by atoms with Gasteiger partial charge in [0.05, 0.1) is 13.2 Å². The highest BCUT2D eigenvalue weighted by molar-refractivity contribution is 5.96. The van der Waals surface area contributed by atoms with Crippen LogP contribution in [0.5, 0.6) is 5.75 Å². The van der Waals surface area contributed by atoms with E-state index in [0.29, 0.717) is 18.7 Å². The predicted molar refractivity (Wildman–Crippen MR) is 116 cm³/mol. The van der Waals surface area contributed by atoms with E-state index in [9.17, 15) is 9.59 Å². The van der Waals surface area contributed by atoms with Gasteiger partial charge in [-0.1, -0.05) is 18.2 Å². The Morgan fingerprint density at radius 1 is 1.00 bits per heavy atom. The van der Waals surface area contributed by atoms with Crippen molar-refractivity contribution in [2.75, 3.05) is 39.3 Å². The van der Waals surface area contributed by atoms with Crippen LogP contribution in [0.25, 0.3) is 0 Å². The zero-order valence-corrected chi connectivity index (χ0v) is 17.7. The Labute approximate surface area is 177 Å². The first kappa shape index (κ1) is 20.4. The second-order valence-electron chi connectivity index (χ2n) is 8.18. The van der Waals surface area contributed by atoms with E-state index in [-0.39, 0.29) is 18.4 Å². The number of ether oxygens (including phenoxy) is 1. The van der Waals surface area contributed by atoms with Crippen molar-refractivity contribution in [2.45, 2.75) is 26.8 Å². The normalized spacial score (nSPS) is 16.1. The van der Waals surface area contributed by atoms with E-state index in [1.54, 1.807) is 6.07 Å². The molecule has 2 amide bonds. The van der Waals surface area contributed by atoms with Gasteiger partial charge < -0.3 is 15.0 Å². The summed E-state index contributed by atoms with van der Waals surface area (Å²) in [5.74, 6) is 0.782. The van der Waals surface area contributed by atoms with Crippen LogP contribution in [-0.4, -0.2) is 60.9 Å². The fraction of sp³-hybridized carbons (Fsp3) is 0.417. The van der Waals surface area contributed by atoms with Crippen LogP contribution in [0.2, 0.25) is 0 Å². The van der Waals surface area contributed by atoms with E-state index < -0.39 is 0 Å². The molecule has 6 nitrogen and oxygen atoms in total. The molecule has 2 aromatic rings. The number of nitrogens with one attached hydrogen (secondary N) is 1. The largest absolute Gasteiger partial charge is 0.493 e. The molecule has 0 atom stereocenters. The average molecular weight is 408 g/mol. The first-order chi connectivity index (χ1) is 14.5. The smallest absolute Gasteiger partial charge is 0.251 e. The maximum atomic E-state index is 12.5. The number of carbonyl (C=O) groups excluding carboxylic acids is 2. The third kappa shape index (κ3) is 4.65. The molecule has 0 spiro atoms. The second-order valence-corrected chi connectivity index (χ2v) is 8.18. The minimum absolute atomic E-state index is 0.0264. The summed E-state index contributed by atoms with van der Waals surface area (Å²) in [5, 5.41) is 2.76. The van der Waals surface area contributed by atoms with Crippen molar-refractivity contribution >= 4 is 11.8 Å². The van der Waals surface area contributed by atoms with Crippen molar-refractivity contribution in [3.63, 3.8) is 0 Å². The van der Waals surface area contributed by atoms with Gasteiger partial charge >= 0.3 is 0 Å². The van der Waals surface area contributed by atoms with E-state index in [0.717, 1.165) is 49.5 Å². The monoisotopic (exact) mass is 407 g/mol. The SMILES string of the molecule is Cc1ccc(C(=O)NCC(=O)N2CCN(Cc3ccc4c(c3)CCO4)CC2)cc1C. The van der Waals surface area contributed by atoms with Crippen LogP contribution in [0.3, 0.4) is 0 Å². The average Bonchev–Trinajstić information content (AvgIpc) is 3.22. The molecule has 2 aromatic carbocycles. The molecule has 0 aliphatic carbocycles. The molecule has 1 fully saturated rings. The number of hydrogen-bond acceptors (Lipinski definition) is 4. The minimum atomic E-state index is -0.203. The van der Waals surface area contributed by atoms with Gasteiger partial charge in [-0.05, 0) is 54.3 Å². The number of fused-ring (bicyclic) bond motifs is 1. The summed E-state index contributed by atoms with van der Waals surface area (Å²) >= 11 is 0. The number of aryl methyl sites for hydroxylation is 2. The molecule has 2 heterocycles. The van der Waals surface area contributed by atoms with Gasteiger partial charge in [-0.3, -0.25) is 14.5 Å². The minimum Gasteiger partial charge on any atom is -0.493 e. The van der Waals surface area contributed by atoms with E-state index in [2.05, 4.69) is 28.4 Å². The summed E-state index contributed by atoms with van der Waals surface area (Å²) in [6, 6.07) is 12.0. The maximum Gasteiger partial charge on any atom is 0.251 e. The summed E-state index contributed by atoms with van der Waals surface area (Å²) in [6.45, 7) is 8.74. The van der Waals surface area contributed by atoms with Gasteiger partial charge in [0.25, 0.3) is 5.91 Å². The van der Waals surface area contributed by atoms with Crippen molar-refractivity contribution in [2.24, 2.45) is 0 Å². The number of carbonyl (C=O) groups is 2. The Bertz CT molecular complexity index is 949. The lowest BCUT2D eigenvalue weighted by Gasteiger charge is -2.34. The molecule has 1 saturated heterocycles. The van der Waals surface area contributed by atoms with Crippen LogP contribution in [0.1, 0.15) is 32.6 Å². The van der Waals surface area contributed by atoms with Crippen LogP contribution >= 0.6 is 0 Å². The van der Waals surface area contributed by atoms with Gasteiger partial charge in [-0.25, -0.2) is 0 Å². The molecule has 0 saturated carbocycles. The van der Waals surface area contributed by atoms with E-state index in [1.807, 2.05) is 30.9 Å². The van der Waals surface area contributed by atoms with Crippen molar-refractivity contribution in [1.82, 2.24) is 15.1 Å². The highest BCUT2D eigenvalue weighted by Gasteiger charge is 2.22. The van der Waals surface area contributed by atoms with Gasteiger partial charge in [-0.2, -0.15) is 0 Å². The zero-order chi connectivity index (χ0) is 21.1. The molecule has 2 aliphatic heterocycles. The molecule has 30 heavy (non-hydrogen) atoms. The quantitative estimate of drug-likeness (QED) is 0.826. The molecule has 6 heteroatoms. The predicted octanol–water partition coefficient (Wildman–Crippen LogP) is 2.31. The van der Waals surface area contributed by atoms with E-state index in [4.69, 9.17) is 4.74 Å². The number of rotatable bonds is 5. The lowest BCUT2D eigenvalue weighted by atomic mass is 10.1. The number of nitrogens with zero attached hydrogens (tertiary/aromatic N) is 2. The number of piperazine rings is 1. The van der Waals surface area contributed by atoms with Crippen molar-refractivity contribution < 1.29 is 14.3 Å². The Kier molecular flexibility index (Phi) is 6.04. The Morgan fingerprint density at radius 3 is 2.57 bits per heavy atom. The summed E-state index contributed by atoms with van der Waals surface area (Å²) in [7, 11) is 0. The third-order valence-electron chi connectivity index (χ3n) is 6.05. The van der Waals surface area contributed by atoms with Crippen LogP contribution in [0.4, 0.5) is 0 Å². The van der Waals surface area contributed by atoms with Gasteiger partial charge in [0.2, 0.25) is 5.91 Å². The summed E-state index contributed by atoms with van der Waals surface area (Å²) < 4.78 is 5.58. The lowest BCUT2D eigenvalue weighted by Crippen LogP contribution is -2.50. The standard InChI is InChI=1S/C24H29N3O3/c1-17-3-5-21(13-18(17)2)24(29)25-15-23(28)27-10-8-26(9-11-27)16-19-4-6-22-20(14-19)7-12-30-22/h3-6,13-14H,7-12,15-16H2,1-2H3,(H,25,29). The van der Waals surface area contributed by atoms with Gasteiger partial charge in [0.15, 0.2) is 0 Å². The Balaban J connectivity index is 1.23. The molecule has 1 N–H and O–H groups in total. The topological polar surface area (TPSA) is 61.9 Å². The molecule has 158 valence electrons. The van der Waals surface area contributed by atoms with Crippen molar-refractivity contribution in [1.29, 1.82) is 0 Å². The van der Waals surface area contributed by atoms with Crippen LogP contribution < -0.4 is 10.1 Å². The maximum absolute atomic E-state index is 12.5.